The van der Waals surface area contributed by atoms with Crippen molar-refractivity contribution in [3.63, 3.8) is 0 Å². The van der Waals surface area contributed by atoms with Gasteiger partial charge in [-0.1, -0.05) is 0 Å². The molecule has 1 N–H and O–H groups in total. The van der Waals surface area contributed by atoms with Crippen LogP contribution in [0.4, 0.5) is 5.69 Å². The van der Waals surface area contributed by atoms with Crippen molar-refractivity contribution in [3.05, 3.63) is 62.3 Å². The number of benzene rings is 2. The van der Waals surface area contributed by atoms with Crippen LogP contribution in [0.3, 0.4) is 0 Å². The fourth-order valence-corrected chi connectivity index (χ4v) is 4.58. The van der Waals surface area contributed by atoms with Gasteiger partial charge in [0, 0.05) is 55.2 Å². The van der Waals surface area contributed by atoms with Crippen molar-refractivity contribution in [2.45, 2.75) is 32.2 Å². The number of rotatable bonds is 6. The summed E-state index contributed by atoms with van der Waals surface area (Å²) in [6, 6.07) is 7.56. The molecule has 0 saturated carbocycles. The van der Waals surface area contributed by atoms with Gasteiger partial charge in [0.05, 0.1) is 11.0 Å². The highest BCUT2D eigenvalue weighted by molar-refractivity contribution is 5.90. The number of carbonyl (C=O) groups is 2. The van der Waals surface area contributed by atoms with Crippen LogP contribution in [-0.2, 0) is 14.3 Å². The number of aromatic hydroxyl groups is 1. The molecule has 1 aliphatic rings. The zero-order valence-electron chi connectivity index (χ0n) is 19.8. The van der Waals surface area contributed by atoms with E-state index in [2.05, 4.69) is 0 Å². The summed E-state index contributed by atoms with van der Waals surface area (Å²) < 4.78 is 16.8. The first kappa shape index (κ1) is 24.9. The fraction of sp³-hybridized carbons (Fsp3) is 0.320. The summed E-state index contributed by atoms with van der Waals surface area (Å²) in [5.41, 5.74) is 0.156. The smallest absolute Gasteiger partial charge is 0.308 e. The van der Waals surface area contributed by atoms with Crippen LogP contribution < -0.4 is 10.2 Å². The van der Waals surface area contributed by atoms with Gasteiger partial charge in [-0.2, -0.15) is 0 Å². The molecule has 1 aromatic heterocycles. The zero-order valence-corrected chi connectivity index (χ0v) is 19.8. The quantitative estimate of drug-likeness (QED) is 0.233. The van der Waals surface area contributed by atoms with Gasteiger partial charge in [0.15, 0.2) is 5.43 Å². The standard InChI is InChI=1S/C25H24N2O9/c1-13(28)34-12-18-17(8-9-26(18)3)23-22(35-14(2)29)11-20(31)24-19(30)10-21(36-25(23)24)15-4-6-16(7-5-15)27(32)33/h4-7,10-11,17-18,31H,8-9,12H2,1-3H3/t17-,18+/m0/s1. The Hall–Kier alpha value is -4.25. The van der Waals surface area contributed by atoms with E-state index in [0.717, 1.165) is 0 Å². The maximum atomic E-state index is 13.1. The summed E-state index contributed by atoms with van der Waals surface area (Å²) in [7, 11) is 1.86. The predicted molar refractivity (Wildman–Crippen MR) is 128 cm³/mol. The normalized spacial score (nSPS) is 17.8. The second-order valence-corrected chi connectivity index (χ2v) is 8.63. The molecule has 11 heteroatoms. The topological polar surface area (TPSA) is 149 Å². The largest absolute Gasteiger partial charge is 0.507 e. The fourth-order valence-electron chi connectivity index (χ4n) is 4.58. The molecule has 2 atom stereocenters. The Morgan fingerprint density at radius 2 is 1.89 bits per heavy atom. The van der Waals surface area contributed by atoms with Crippen molar-refractivity contribution >= 4 is 28.6 Å². The highest BCUT2D eigenvalue weighted by Crippen LogP contribution is 2.45. The molecule has 11 nitrogen and oxygen atoms in total. The number of fused-ring (bicyclic) bond motifs is 1. The van der Waals surface area contributed by atoms with Crippen LogP contribution >= 0.6 is 0 Å². The van der Waals surface area contributed by atoms with E-state index in [1.165, 1.54) is 50.2 Å². The lowest BCUT2D eigenvalue weighted by molar-refractivity contribution is -0.384. The van der Waals surface area contributed by atoms with Crippen molar-refractivity contribution in [1.82, 2.24) is 4.90 Å². The molecule has 0 spiro atoms. The molecule has 0 amide bonds. The maximum absolute atomic E-state index is 13.1. The predicted octanol–water partition coefficient (Wildman–Crippen LogP) is 3.35. The van der Waals surface area contributed by atoms with Gasteiger partial charge in [-0.3, -0.25) is 29.4 Å². The van der Waals surface area contributed by atoms with E-state index in [9.17, 15) is 29.6 Å². The summed E-state index contributed by atoms with van der Waals surface area (Å²) in [4.78, 5) is 49.0. The molecule has 1 fully saturated rings. The number of nitrogens with zero attached hydrogens (tertiary/aromatic N) is 2. The molecule has 188 valence electrons. The third-order valence-corrected chi connectivity index (χ3v) is 6.25. The number of hydrogen-bond acceptors (Lipinski definition) is 10. The number of phenols is 1. The summed E-state index contributed by atoms with van der Waals surface area (Å²) in [5.74, 6) is -1.72. The molecule has 1 saturated heterocycles. The minimum atomic E-state index is -0.633. The highest BCUT2D eigenvalue weighted by Gasteiger charge is 2.38. The van der Waals surface area contributed by atoms with Crippen LogP contribution in [0.25, 0.3) is 22.3 Å². The molecule has 1 aliphatic heterocycles. The minimum absolute atomic E-state index is 0.0280. The molecule has 2 aromatic carbocycles. The molecular formula is C25H24N2O9. The summed E-state index contributed by atoms with van der Waals surface area (Å²) in [6.45, 7) is 3.21. The van der Waals surface area contributed by atoms with Crippen LogP contribution in [-0.4, -0.2) is 53.1 Å². The average molecular weight is 496 g/mol. The van der Waals surface area contributed by atoms with Crippen molar-refractivity contribution in [2.24, 2.45) is 0 Å². The third-order valence-electron chi connectivity index (χ3n) is 6.25. The van der Waals surface area contributed by atoms with E-state index in [1.807, 2.05) is 11.9 Å². The van der Waals surface area contributed by atoms with Crippen molar-refractivity contribution in [1.29, 1.82) is 0 Å². The van der Waals surface area contributed by atoms with E-state index < -0.39 is 28.0 Å². The van der Waals surface area contributed by atoms with E-state index in [0.29, 0.717) is 24.1 Å². The van der Waals surface area contributed by atoms with Crippen LogP contribution in [0.15, 0.2) is 45.6 Å². The van der Waals surface area contributed by atoms with Crippen LogP contribution in [0, 0.1) is 10.1 Å². The summed E-state index contributed by atoms with van der Waals surface area (Å²) >= 11 is 0. The van der Waals surface area contributed by atoms with E-state index in [4.69, 9.17) is 13.9 Å². The number of nitro benzene ring substituents is 1. The number of ether oxygens (including phenoxy) is 2. The van der Waals surface area contributed by atoms with Gasteiger partial charge in [-0.25, -0.2) is 0 Å². The monoisotopic (exact) mass is 496 g/mol. The highest BCUT2D eigenvalue weighted by atomic mass is 16.6. The van der Waals surface area contributed by atoms with Crippen molar-refractivity contribution < 1.29 is 33.5 Å². The van der Waals surface area contributed by atoms with Crippen LogP contribution in [0.5, 0.6) is 11.5 Å². The van der Waals surface area contributed by atoms with E-state index >= 15 is 0 Å². The SMILES string of the molecule is CC(=O)OC[C@@H]1[C@@H](c2c(OC(C)=O)cc(O)c3c(=O)cc(-c4ccc([N+](=O)[O-])cc4)oc23)CCN1C. The Bertz CT molecular complexity index is 1410. The van der Waals surface area contributed by atoms with E-state index in [-0.39, 0.29) is 46.7 Å². The summed E-state index contributed by atoms with van der Waals surface area (Å²) in [5, 5.41) is 21.6. The van der Waals surface area contributed by atoms with Gasteiger partial charge in [0.1, 0.15) is 34.8 Å². The van der Waals surface area contributed by atoms with Crippen LogP contribution in [0.1, 0.15) is 31.7 Å². The Morgan fingerprint density at radius 3 is 2.50 bits per heavy atom. The lowest BCUT2D eigenvalue weighted by atomic mass is 9.89. The molecule has 0 radical (unpaired) electrons. The van der Waals surface area contributed by atoms with Gasteiger partial charge < -0.3 is 19.0 Å². The molecule has 4 rings (SSSR count). The first-order valence-corrected chi connectivity index (χ1v) is 11.2. The maximum Gasteiger partial charge on any atom is 0.308 e. The van der Waals surface area contributed by atoms with Gasteiger partial charge in [0.25, 0.3) is 5.69 Å². The first-order valence-electron chi connectivity index (χ1n) is 11.2. The lowest BCUT2D eigenvalue weighted by Gasteiger charge is -2.26. The number of hydrogen-bond donors (Lipinski definition) is 1. The zero-order chi connectivity index (χ0) is 26.1. The molecule has 2 heterocycles. The second-order valence-electron chi connectivity index (χ2n) is 8.63. The Labute approximate surface area is 205 Å². The number of likely N-dealkylation sites (N-methyl/N-ethyl adjacent to an activating group) is 1. The van der Waals surface area contributed by atoms with Gasteiger partial charge >= 0.3 is 11.9 Å². The molecule has 0 aliphatic carbocycles. The summed E-state index contributed by atoms with van der Waals surface area (Å²) in [6.07, 6.45) is 0.571. The third kappa shape index (κ3) is 4.78. The van der Waals surface area contributed by atoms with E-state index in [1.54, 1.807) is 0 Å². The number of phenolic OH excluding ortho intramolecular Hbond substituents is 1. The Balaban J connectivity index is 1.95. The minimum Gasteiger partial charge on any atom is -0.507 e. The van der Waals surface area contributed by atoms with Gasteiger partial charge in [-0.05, 0) is 32.1 Å². The molecular weight excluding hydrogens is 472 g/mol. The number of esters is 2. The molecule has 0 unspecified atom stereocenters. The van der Waals surface area contributed by atoms with Crippen molar-refractivity contribution in [2.75, 3.05) is 20.2 Å². The number of likely N-dealkylation sites (tertiary alicyclic amines) is 1. The number of nitro groups is 1. The Morgan fingerprint density at radius 1 is 1.19 bits per heavy atom. The second kappa shape index (κ2) is 9.78. The molecule has 36 heavy (non-hydrogen) atoms. The molecule has 3 aromatic rings. The molecule has 0 bridgehead atoms. The Kier molecular flexibility index (Phi) is 6.75. The number of non-ortho nitro benzene ring substituents is 1. The first-order chi connectivity index (χ1) is 17.1. The van der Waals surface area contributed by atoms with Gasteiger partial charge in [0.2, 0.25) is 0 Å². The number of carbonyl (C=O) groups excluding carboxylic acids is 2. The average Bonchev–Trinajstić information content (AvgIpc) is 3.16. The van der Waals surface area contributed by atoms with Crippen LogP contribution in [0.2, 0.25) is 0 Å². The van der Waals surface area contributed by atoms with Crippen molar-refractivity contribution in [3.8, 4) is 22.8 Å². The van der Waals surface area contributed by atoms with Gasteiger partial charge in [-0.15, -0.1) is 0 Å². The lowest BCUT2D eigenvalue weighted by Crippen LogP contribution is -2.34.